The summed E-state index contributed by atoms with van der Waals surface area (Å²) < 4.78 is 5.94. The normalized spacial score (nSPS) is 11.9. The maximum atomic E-state index is 5.94. The summed E-state index contributed by atoms with van der Waals surface area (Å²) in [6, 6.07) is 4.61. The van der Waals surface area contributed by atoms with Gasteiger partial charge in [-0.2, -0.15) is 0 Å². The number of ether oxygens (including phenoxy) is 1. The van der Waals surface area contributed by atoms with E-state index in [0.29, 0.717) is 6.04 Å². The van der Waals surface area contributed by atoms with E-state index >= 15 is 0 Å². The zero-order valence-corrected chi connectivity index (χ0v) is 12.5. The standard InChI is InChI=1S/C15H26N2O/c1-7-15(5,6)18-14-9-13(8-12(4)17-14)10-16-11(2)3/h8-9,11,16H,7,10H2,1-6H3. The molecule has 1 aromatic heterocycles. The molecule has 0 saturated carbocycles. The fourth-order valence-corrected chi connectivity index (χ4v) is 1.54. The van der Waals surface area contributed by atoms with Crippen LogP contribution in [-0.2, 0) is 6.54 Å². The van der Waals surface area contributed by atoms with Crippen molar-refractivity contribution < 1.29 is 4.74 Å². The molecule has 0 aliphatic heterocycles. The van der Waals surface area contributed by atoms with E-state index in [2.05, 4.69) is 51.0 Å². The summed E-state index contributed by atoms with van der Waals surface area (Å²) >= 11 is 0. The van der Waals surface area contributed by atoms with Crippen molar-refractivity contribution in [3.8, 4) is 5.88 Å². The SMILES string of the molecule is CCC(C)(C)Oc1cc(CNC(C)C)cc(C)n1. The Kier molecular flexibility index (Phi) is 5.15. The van der Waals surface area contributed by atoms with Crippen molar-refractivity contribution in [2.75, 3.05) is 0 Å². The molecule has 0 unspecified atom stereocenters. The molecule has 0 aromatic carbocycles. The molecule has 18 heavy (non-hydrogen) atoms. The number of pyridine rings is 1. The monoisotopic (exact) mass is 250 g/mol. The van der Waals surface area contributed by atoms with Crippen LogP contribution >= 0.6 is 0 Å². The lowest BCUT2D eigenvalue weighted by molar-refractivity contribution is 0.0987. The number of hydrogen-bond acceptors (Lipinski definition) is 3. The molecular weight excluding hydrogens is 224 g/mol. The van der Waals surface area contributed by atoms with Crippen LogP contribution in [0.2, 0.25) is 0 Å². The molecule has 1 N–H and O–H groups in total. The summed E-state index contributed by atoms with van der Waals surface area (Å²) in [6.07, 6.45) is 0.961. The number of rotatable bonds is 6. The van der Waals surface area contributed by atoms with Gasteiger partial charge in [0.05, 0.1) is 0 Å². The predicted octanol–water partition coefficient (Wildman–Crippen LogP) is 3.46. The average molecular weight is 250 g/mol. The van der Waals surface area contributed by atoms with Crippen LogP contribution < -0.4 is 10.1 Å². The molecule has 0 fully saturated rings. The van der Waals surface area contributed by atoms with Gasteiger partial charge in [-0.15, -0.1) is 0 Å². The minimum Gasteiger partial charge on any atom is -0.472 e. The maximum Gasteiger partial charge on any atom is 0.214 e. The first-order valence-corrected chi connectivity index (χ1v) is 6.72. The van der Waals surface area contributed by atoms with E-state index in [0.717, 1.165) is 24.5 Å². The van der Waals surface area contributed by atoms with E-state index in [1.165, 1.54) is 5.56 Å². The highest BCUT2D eigenvalue weighted by Crippen LogP contribution is 2.20. The van der Waals surface area contributed by atoms with Gasteiger partial charge in [-0.3, -0.25) is 0 Å². The Morgan fingerprint density at radius 1 is 1.33 bits per heavy atom. The van der Waals surface area contributed by atoms with Crippen molar-refractivity contribution in [3.63, 3.8) is 0 Å². The van der Waals surface area contributed by atoms with Crippen molar-refractivity contribution in [2.45, 2.75) is 66.2 Å². The Morgan fingerprint density at radius 3 is 2.56 bits per heavy atom. The first kappa shape index (κ1) is 15.0. The highest BCUT2D eigenvalue weighted by Gasteiger charge is 2.17. The van der Waals surface area contributed by atoms with E-state index in [1.54, 1.807) is 0 Å². The molecule has 0 spiro atoms. The third-order valence-electron chi connectivity index (χ3n) is 2.94. The van der Waals surface area contributed by atoms with Crippen LogP contribution in [0.3, 0.4) is 0 Å². The van der Waals surface area contributed by atoms with Crippen LogP contribution in [-0.4, -0.2) is 16.6 Å². The van der Waals surface area contributed by atoms with Crippen molar-refractivity contribution in [1.29, 1.82) is 0 Å². The van der Waals surface area contributed by atoms with Gasteiger partial charge >= 0.3 is 0 Å². The molecule has 1 heterocycles. The second kappa shape index (κ2) is 6.19. The van der Waals surface area contributed by atoms with Crippen molar-refractivity contribution in [3.05, 3.63) is 23.4 Å². The number of aryl methyl sites for hydroxylation is 1. The smallest absolute Gasteiger partial charge is 0.214 e. The second-order valence-corrected chi connectivity index (χ2v) is 5.71. The molecular formula is C15H26N2O. The molecule has 0 bridgehead atoms. The topological polar surface area (TPSA) is 34.1 Å². The molecule has 1 rings (SSSR count). The summed E-state index contributed by atoms with van der Waals surface area (Å²) in [5, 5.41) is 3.41. The van der Waals surface area contributed by atoms with Gasteiger partial charge in [0.1, 0.15) is 5.60 Å². The zero-order chi connectivity index (χ0) is 13.8. The van der Waals surface area contributed by atoms with Crippen molar-refractivity contribution in [2.24, 2.45) is 0 Å². The Bertz CT molecular complexity index is 386. The molecule has 0 aliphatic carbocycles. The molecule has 0 aliphatic rings. The minimum absolute atomic E-state index is 0.163. The largest absolute Gasteiger partial charge is 0.472 e. The van der Waals surface area contributed by atoms with Gasteiger partial charge in [-0.25, -0.2) is 4.98 Å². The van der Waals surface area contributed by atoms with Crippen LogP contribution in [0.15, 0.2) is 12.1 Å². The van der Waals surface area contributed by atoms with E-state index in [9.17, 15) is 0 Å². The van der Waals surface area contributed by atoms with Crippen LogP contribution in [0.1, 0.15) is 52.3 Å². The van der Waals surface area contributed by atoms with Crippen LogP contribution in [0.25, 0.3) is 0 Å². The molecule has 0 radical (unpaired) electrons. The maximum absolute atomic E-state index is 5.94. The lowest BCUT2D eigenvalue weighted by Gasteiger charge is -2.24. The second-order valence-electron chi connectivity index (χ2n) is 5.71. The Hall–Kier alpha value is -1.09. The Labute approximate surface area is 111 Å². The van der Waals surface area contributed by atoms with E-state index in [4.69, 9.17) is 4.74 Å². The average Bonchev–Trinajstić information content (AvgIpc) is 2.25. The van der Waals surface area contributed by atoms with E-state index < -0.39 is 0 Å². The summed E-state index contributed by atoms with van der Waals surface area (Å²) in [7, 11) is 0. The molecule has 1 aromatic rings. The number of nitrogens with zero attached hydrogens (tertiary/aromatic N) is 1. The van der Waals surface area contributed by atoms with Gasteiger partial charge in [0.15, 0.2) is 0 Å². The summed E-state index contributed by atoms with van der Waals surface area (Å²) in [6.45, 7) is 13.4. The van der Waals surface area contributed by atoms with Crippen LogP contribution in [0, 0.1) is 6.92 Å². The predicted molar refractivity (Wildman–Crippen MR) is 75.9 cm³/mol. The number of hydrogen-bond donors (Lipinski definition) is 1. The third kappa shape index (κ3) is 5.05. The number of aromatic nitrogens is 1. The lowest BCUT2D eigenvalue weighted by atomic mass is 10.1. The highest BCUT2D eigenvalue weighted by atomic mass is 16.5. The van der Waals surface area contributed by atoms with Gasteiger partial charge in [-0.1, -0.05) is 20.8 Å². The third-order valence-corrected chi connectivity index (χ3v) is 2.94. The van der Waals surface area contributed by atoms with Crippen LogP contribution in [0.5, 0.6) is 5.88 Å². The summed E-state index contributed by atoms with van der Waals surface area (Å²) in [5.41, 5.74) is 2.06. The molecule has 3 nitrogen and oxygen atoms in total. The lowest BCUT2D eigenvalue weighted by Crippen LogP contribution is -2.27. The van der Waals surface area contributed by atoms with Crippen molar-refractivity contribution >= 4 is 0 Å². The van der Waals surface area contributed by atoms with E-state index in [1.807, 2.05) is 13.0 Å². The van der Waals surface area contributed by atoms with Gasteiger partial charge < -0.3 is 10.1 Å². The molecule has 3 heteroatoms. The first-order chi connectivity index (χ1) is 8.32. The molecule has 0 saturated heterocycles. The molecule has 0 atom stereocenters. The molecule has 0 amide bonds. The van der Waals surface area contributed by atoms with Gasteiger partial charge in [-0.05, 0) is 38.8 Å². The Balaban J connectivity index is 2.80. The first-order valence-electron chi connectivity index (χ1n) is 6.72. The number of nitrogens with one attached hydrogen (secondary N) is 1. The quantitative estimate of drug-likeness (QED) is 0.839. The fourth-order valence-electron chi connectivity index (χ4n) is 1.54. The highest BCUT2D eigenvalue weighted by molar-refractivity contribution is 5.25. The molecule has 102 valence electrons. The fraction of sp³-hybridized carbons (Fsp3) is 0.667. The minimum atomic E-state index is -0.163. The van der Waals surface area contributed by atoms with E-state index in [-0.39, 0.29) is 5.60 Å². The van der Waals surface area contributed by atoms with Gasteiger partial charge in [0, 0.05) is 24.3 Å². The summed E-state index contributed by atoms with van der Waals surface area (Å²) in [5.74, 6) is 0.724. The Morgan fingerprint density at radius 2 is 2.00 bits per heavy atom. The van der Waals surface area contributed by atoms with Crippen LogP contribution in [0.4, 0.5) is 0 Å². The van der Waals surface area contributed by atoms with Gasteiger partial charge in [0.2, 0.25) is 5.88 Å². The van der Waals surface area contributed by atoms with Crippen molar-refractivity contribution in [1.82, 2.24) is 10.3 Å². The zero-order valence-electron chi connectivity index (χ0n) is 12.5. The van der Waals surface area contributed by atoms with Gasteiger partial charge in [0.25, 0.3) is 0 Å². The summed E-state index contributed by atoms with van der Waals surface area (Å²) in [4.78, 5) is 4.44.